The molecular weight excluding hydrogens is 288 g/mol. The minimum atomic E-state index is 0.136. The molecule has 1 aliphatic rings. The molecule has 2 rings (SSSR count). The Morgan fingerprint density at radius 1 is 1.29 bits per heavy atom. The Kier molecular flexibility index (Phi) is 5.73. The van der Waals surface area contributed by atoms with Gasteiger partial charge in [0.2, 0.25) is 0 Å². The molecule has 118 valence electrons. The molecule has 0 aromatic heterocycles. The van der Waals surface area contributed by atoms with Crippen molar-refractivity contribution < 1.29 is 9.47 Å². The highest BCUT2D eigenvalue weighted by Gasteiger charge is 2.22. The molecule has 0 saturated carbocycles. The maximum Gasteiger partial charge on any atom is 0.179 e. The predicted octanol–water partition coefficient (Wildman–Crippen LogP) is 3.09. The van der Waals surface area contributed by atoms with Crippen LogP contribution in [-0.4, -0.2) is 38.3 Å². The van der Waals surface area contributed by atoms with Gasteiger partial charge in [0.15, 0.2) is 11.5 Å². The summed E-state index contributed by atoms with van der Waals surface area (Å²) < 4.78 is 11.2. The van der Waals surface area contributed by atoms with Crippen LogP contribution in [0.4, 0.5) is 0 Å². The van der Waals surface area contributed by atoms with Gasteiger partial charge < -0.3 is 15.2 Å². The van der Waals surface area contributed by atoms with Gasteiger partial charge in [0.25, 0.3) is 0 Å². The van der Waals surface area contributed by atoms with Gasteiger partial charge >= 0.3 is 0 Å². The van der Waals surface area contributed by atoms with Gasteiger partial charge in [-0.2, -0.15) is 0 Å². The highest BCUT2D eigenvalue weighted by molar-refractivity contribution is 6.32. The van der Waals surface area contributed by atoms with Crippen LogP contribution < -0.4 is 15.2 Å². The summed E-state index contributed by atoms with van der Waals surface area (Å²) >= 11 is 6.32. The van der Waals surface area contributed by atoms with Crippen molar-refractivity contribution in [2.24, 2.45) is 11.7 Å². The maximum absolute atomic E-state index is 6.32. The fourth-order valence-corrected chi connectivity index (χ4v) is 2.79. The van der Waals surface area contributed by atoms with Gasteiger partial charge in [-0.25, -0.2) is 0 Å². The van der Waals surface area contributed by atoms with Crippen molar-refractivity contribution in [3.63, 3.8) is 0 Å². The highest BCUT2D eigenvalue weighted by Crippen LogP contribution is 2.40. The Morgan fingerprint density at radius 2 is 2.00 bits per heavy atom. The molecule has 1 aromatic rings. The third-order valence-electron chi connectivity index (χ3n) is 3.82. The molecule has 0 saturated heterocycles. The maximum atomic E-state index is 6.32. The van der Waals surface area contributed by atoms with Crippen LogP contribution in [0, 0.1) is 5.92 Å². The van der Waals surface area contributed by atoms with Crippen LogP contribution in [-0.2, 0) is 0 Å². The van der Waals surface area contributed by atoms with Crippen LogP contribution in [0.1, 0.15) is 31.9 Å². The monoisotopic (exact) mass is 312 g/mol. The summed E-state index contributed by atoms with van der Waals surface area (Å²) in [5.74, 6) is 2.04. The SMILES string of the molecule is CC(C)CCN(C)C(CN)c1cc(Cl)c2c(c1)OCCO2. The summed E-state index contributed by atoms with van der Waals surface area (Å²) in [6.45, 7) is 7.11. The second-order valence-electron chi connectivity index (χ2n) is 5.94. The second-order valence-corrected chi connectivity index (χ2v) is 6.35. The molecule has 0 spiro atoms. The Balaban J connectivity index is 2.19. The first kappa shape index (κ1) is 16.4. The van der Waals surface area contributed by atoms with E-state index in [0.717, 1.165) is 24.3 Å². The van der Waals surface area contributed by atoms with E-state index in [-0.39, 0.29) is 6.04 Å². The Hall–Kier alpha value is -0.970. The number of benzene rings is 1. The summed E-state index contributed by atoms with van der Waals surface area (Å²) in [5, 5.41) is 0.595. The second kappa shape index (κ2) is 7.34. The number of rotatable bonds is 6. The molecule has 1 unspecified atom stereocenters. The quantitative estimate of drug-likeness (QED) is 0.877. The third-order valence-corrected chi connectivity index (χ3v) is 4.10. The number of nitrogens with zero attached hydrogens (tertiary/aromatic N) is 1. The molecule has 1 atom stereocenters. The topological polar surface area (TPSA) is 47.7 Å². The molecule has 1 heterocycles. The minimum absolute atomic E-state index is 0.136. The van der Waals surface area contributed by atoms with Crippen molar-refractivity contribution in [2.45, 2.75) is 26.3 Å². The Morgan fingerprint density at radius 3 is 2.67 bits per heavy atom. The Bertz CT molecular complexity index is 480. The number of hydrogen-bond donors (Lipinski definition) is 1. The highest BCUT2D eigenvalue weighted by atomic mass is 35.5. The lowest BCUT2D eigenvalue weighted by molar-refractivity contribution is 0.170. The molecular formula is C16H25ClN2O2. The van der Waals surface area contributed by atoms with Crippen LogP contribution >= 0.6 is 11.6 Å². The Labute approximate surface area is 132 Å². The molecule has 21 heavy (non-hydrogen) atoms. The number of hydrogen-bond acceptors (Lipinski definition) is 4. The van der Waals surface area contributed by atoms with Crippen LogP contribution in [0.15, 0.2) is 12.1 Å². The fourth-order valence-electron chi connectivity index (χ4n) is 2.51. The van der Waals surface area contributed by atoms with Gasteiger partial charge in [0, 0.05) is 12.6 Å². The van der Waals surface area contributed by atoms with E-state index < -0.39 is 0 Å². The summed E-state index contributed by atoms with van der Waals surface area (Å²) in [4.78, 5) is 2.28. The fraction of sp³-hybridized carbons (Fsp3) is 0.625. The first-order chi connectivity index (χ1) is 10.0. The van der Waals surface area contributed by atoms with Gasteiger partial charge in [-0.15, -0.1) is 0 Å². The van der Waals surface area contributed by atoms with Crippen molar-refractivity contribution in [3.05, 3.63) is 22.7 Å². The molecule has 0 fully saturated rings. The van der Waals surface area contributed by atoms with Crippen LogP contribution in [0.2, 0.25) is 5.02 Å². The molecule has 4 nitrogen and oxygen atoms in total. The predicted molar refractivity (Wildman–Crippen MR) is 86.3 cm³/mol. The first-order valence-corrected chi connectivity index (χ1v) is 7.90. The van der Waals surface area contributed by atoms with Crippen molar-refractivity contribution in [2.75, 3.05) is 33.4 Å². The molecule has 0 amide bonds. The van der Waals surface area contributed by atoms with E-state index >= 15 is 0 Å². The van der Waals surface area contributed by atoms with E-state index in [1.807, 2.05) is 12.1 Å². The van der Waals surface area contributed by atoms with E-state index in [2.05, 4.69) is 25.8 Å². The largest absolute Gasteiger partial charge is 0.486 e. The summed E-state index contributed by atoms with van der Waals surface area (Å²) in [6, 6.07) is 4.08. The van der Waals surface area contributed by atoms with E-state index in [1.54, 1.807) is 0 Å². The molecule has 0 aliphatic carbocycles. The lowest BCUT2D eigenvalue weighted by Gasteiger charge is -2.29. The molecule has 2 N–H and O–H groups in total. The molecule has 0 bridgehead atoms. The van der Waals surface area contributed by atoms with Crippen LogP contribution in [0.25, 0.3) is 0 Å². The van der Waals surface area contributed by atoms with E-state index in [4.69, 9.17) is 26.8 Å². The number of nitrogens with two attached hydrogens (primary N) is 1. The zero-order valence-electron chi connectivity index (χ0n) is 13.1. The van der Waals surface area contributed by atoms with E-state index in [1.165, 1.54) is 0 Å². The van der Waals surface area contributed by atoms with Gasteiger partial charge in [-0.05, 0) is 43.6 Å². The molecule has 5 heteroatoms. The number of likely N-dealkylation sites (N-methyl/N-ethyl adjacent to an activating group) is 1. The zero-order valence-corrected chi connectivity index (χ0v) is 13.8. The standard InChI is InChI=1S/C16H25ClN2O2/c1-11(2)4-5-19(3)14(10-18)12-8-13(17)16-15(9-12)20-6-7-21-16/h8-9,11,14H,4-7,10,18H2,1-3H3. The third kappa shape index (κ3) is 4.02. The summed E-state index contributed by atoms with van der Waals surface area (Å²) in [6.07, 6.45) is 1.14. The number of fused-ring (bicyclic) bond motifs is 1. The minimum Gasteiger partial charge on any atom is -0.486 e. The van der Waals surface area contributed by atoms with E-state index in [9.17, 15) is 0 Å². The number of halogens is 1. The number of ether oxygens (including phenoxy) is 2. The molecule has 0 radical (unpaired) electrons. The van der Waals surface area contributed by atoms with Gasteiger partial charge in [0.1, 0.15) is 13.2 Å². The van der Waals surface area contributed by atoms with Crippen molar-refractivity contribution in [1.82, 2.24) is 4.90 Å². The average molecular weight is 313 g/mol. The average Bonchev–Trinajstić information content (AvgIpc) is 2.46. The normalized spacial score (nSPS) is 15.6. The zero-order chi connectivity index (χ0) is 15.4. The van der Waals surface area contributed by atoms with Gasteiger partial charge in [-0.3, -0.25) is 4.90 Å². The van der Waals surface area contributed by atoms with E-state index in [0.29, 0.717) is 36.4 Å². The van der Waals surface area contributed by atoms with Crippen LogP contribution in [0.5, 0.6) is 11.5 Å². The lowest BCUT2D eigenvalue weighted by Crippen LogP contribution is -2.32. The van der Waals surface area contributed by atoms with Gasteiger partial charge in [-0.1, -0.05) is 25.4 Å². The molecule has 1 aromatic carbocycles. The van der Waals surface area contributed by atoms with Crippen molar-refractivity contribution in [1.29, 1.82) is 0 Å². The summed E-state index contributed by atoms with van der Waals surface area (Å²) in [5.41, 5.74) is 7.06. The summed E-state index contributed by atoms with van der Waals surface area (Å²) in [7, 11) is 2.10. The lowest BCUT2D eigenvalue weighted by atomic mass is 10.0. The van der Waals surface area contributed by atoms with Crippen molar-refractivity contribution in [3.8, 4) is 11.5 Å². The van der Waals surface area contributed by atoms with Crippen LogP contribution in [0.3, 0.4) is 0 Å². The van der Waals surface area contributed by atoms with Crippen molar-refractivity contribution >= 4 is 11.6 Å². The first-order valence-electron chi connectivity index (χ1n) is 7.52. The smallest absolute Gasteiger partial charge is 0.179 e. The molecule has 1 aliphatic heterocycles. The van der Waals surface area contributed by atoms with Gasteiger partial charge in [0.05, 0.1) is 5.02 Å².